The third kappa shape index (κ3) is 4.62. The van der Waals surface area contributed by atoms with Crippen LogP contribution in [0.15, 0.2) is 40.9 Å². The van der Waals surface area contributed by atoms with Gasteiger partial charge in [0.15, 0.2) is 0 Å². The van der Waals surface area contributed by atoms with E-state index in [1.54, 1.807) is 6.07 Å². The van der Waals surface area contributed by atoms with Crippen LogP contribution in [0.2, 0.25) is 10.0 Å². The van der Waals surface area contributed by atoms with Crippen molar-refractivity contribution in [1.29, 1.82) is 0 Å². The van der Waals surface area contributed by atoms with Crippen LogP contribution < -0.4 is 4.74 Å². The Hall–Kier alpha value is -0.220. The molecule has 2 rings (SSSR count). The Bertz CT molecular complexity index is 614. The molecule has 0 aromatic heterocycles. The summed E-state index contributed by atoms with van der Waals surface area (Å²) in [5.74, 6) is 0.622. The van der Waals surface area contributed by atoms with Crippen molar-refractivity contribution in [2.75, 3.05) is 6.61 Å². The van der Waals surface area contributed by atoms with Gasteiger partial charge in [0.25, 0.3) is 0 Å². The quantitative estimate of drug-likeness (QED) is 0.451. The molecule has 0 N–H and O–H groups in total. The van der Waals surface area contributed by atoms with Gasteiger partial charge in [-0.3, -0.25) is 0 Å². The minimum atomic E-state index is 0.0966. The zero-order chi connectivity index (χ0) is 15.4. The fourth-order valence-corrected chi connectivity index (χ4v) is 3.65. The minimum absolute atomic E-state index is 0.0966. The lowest BCUT2D eigenvalue weighted by molar-refractivity contribution is 0.340. The van der Waals surface area contributed by atoms with E-state index in [0.717, 1.165) is 16.5 Å². The number of alkyl halides is 1. The van der Waals surface area contributed by atoms with Gasteiger partial charge in [-0.05, 0) is 42.7 Å². The van der Waals surface area contributed by atoms with Gasteiger partial charge in [-0.25, -0.2) is 0 Å². The van der Waals surface area contributed by atoms with Crippen LogP contribution in [0.1, 0.15) is 22.9 Å². The van der Waals surface area contributed by atoms with Crippen LogP contribution in [-0.4, -0.2) is 6.61 Å². The Morgan fingerprint density at radius 2 is 1.76 bits per heavy atom. The first-order valence-electron chi connectivity index (χ1n) is 6.51. The summed E-state index contributed by atoms with van der Waals surface area (Å²) in [6.07, 6.45) is 0.831. The molecule has 0 amide bonds. The van der Waals surface area contributed by atoms with Crippen molar-refractivity contribution in [3.05, 3.63) is 62.0 Å². The van der Waals surface area contributed by atoms with Gasteiger partial charge in [0, 0.05) is 20.4 Å². The van der Waals surface area contributed by atoms with E-state index in [0.29, 0.717) is 22.4 Å². The molecule has 0 bridgehead atoms. The van der Waals surface area contributed by atoms with Gasteiger partial charge < -0.3 is 4.74 Å². The van der Waals surface area contributed by atoms with Gasteiger partial charge in [0.05, 0.1) is 11.6 Å². The smallest absolute Gasteiger partial charge is 0.139 e. The molecule has 2 aromatic carbocycles. The third-order valence-electron chi connectivity index (χ3n) is 3.02. The molecule has 5 heteroatoms. The topological polar surface area (TPSA) is 9.23 Å². The summed E-state index contributed by atoms with van der Waals surface area (Å²) in [6, 6.07) is 11.9. The summed E-state index contributed by atoms with van der Waals surface area (Å²) in [5, 5.41) is 1.23. The van der Waals surface area contributed by atoms with E-state index in [4.69, 9.17) is 27.9 Å². The molecule has 0 radical (unpaired) electrons. The minimum Gasteiger partial charge on any atom is -0.492 e. The summed E-state index contributed by atoms with van der Waals surface area (Å²) in [6.45, 7) is 2.48. The molecular formula is C16H14Br2Cl2O. The lowest BCUT2D eigenvalue weighted by atomic mass is 10.0. The van der Waals surface area contributed by atoms with Crippen LogP contribution in [0.5, 0.6) is 5.75 Å². The average molecular weight is 453 g/mol. The Kier molecular flexibility index (Phi) is 6.42. The molecule has 0 aliphatic rings. The summed E-state index contributed by atoms with van der Waals surface area (Å²) in [4.78, 5) is 0.0966. The van der Waals surface area contributed by atoms with Crippen LogP contribution in [0.3, 0.4) is 0 Å². The molecule has 0 aliphatic heterocycles. The second kappa shape index (κ2) is 7.87. The average Bonchev–Trinajstić information content (AvgIpc) is 2.45. The molecule has 0 fully saturated rings. The van der Waals surface area contributed by atoms with Crippen LogP contribution in [-0.2, 0) is 6.42 Å². The molecule has 0 spiro atoms. The van der Waals surface area contributed by atoms with Crippen molar-refractivity contribution in [3.8, 4) is 5.75 Å². The molecule has 2 aromatic rings. The fraction of sp³-hybridized carbons (Fsp3) is 0.250. The second-order valence-electron chi connectivity index (χ2n) is 4.54. The summed E-state index contributed by atoms with van der Waals surface area (Å²) < 4.78 is 6.52. The largest absolute Gasteiger partial charge is 0.492 e. The summed E-state index contributed by atoms with van der Waals surface area (Å²) in [7, 11) is 0. The van der Waals surface area contributed by atoms with Crippen molar-refractivity contribution in [2.24, 2.45) is 0 Å². The van der Waals surface area contributed by atoms with Crippen LogP contribution in [0, 0.1) is 0 Å². The molecule has 112 valence electrons. The first kappa shape index (κ1) is 17.1. The predicted molar refractivity (Wildman–Crippen MR) is 97.1 cm³/mol. The summed E-state index contributed by atoms with van der Waals surface area (Å²) >= 11 is 19.7. The van der Waals surface area contributed by atoms with Crippen LogP contribution in [0.4, 0.5) is 0 Å². The molecule has 0 saturated heterocycles. The van der Waals surface area contributed by atoms with E-state index in [1.807, 2.05) is 25.1 Å². The highest BCUT2D eigenvalue weighted by molar-refractivity contribution is 9.10. The highest BCUT2D eigenvalue weighted by atomic mass is 79.9. The Morgan fingerprint density at radius 3 is 2.38 bits per heavy atom. The number of rotatable bonds is 5. The van der Waals surface area contributed by atoms with Crippen molar-refractivity contribution in [3.63, 3.8) is 0 Å². The van der Waals surface area contributed by atoms with Crippen LogP contribution >= 0.6 is 55.1 Å². The van der Waals surface area contributed by atoms with Gasteiger partial charge in [0.2, 0.25) is 0 Å². The number of benzene rings is 2. The van der Waals surface area contributed by atoms with Gasteiger partial charge in [-0.1, -0.05) is 67.2 Å². The number of halogens is 4. The standard InChI is InChI=1S/C16H14Br2Cl2O/c1-2-21-16-9-14(19)12(8-15(16)20)13(18)7-10-3-5-11(17)6-4-10/h3-6,8-9,13H,2,7H2,1H3. The molecule has 21 heavy (non-hydrogen) atoms. The zero-order valence-corrected chi connectivity index (χ0v) is 16.1. The lowest BCUT2D eigenvalue weighted by Crippen LogP contribution is -1.99. The maximum absolute atomic E-state index is 6.35. The predicted octanol–water partition coefficient (Wildman–Crippen LogP) is 6.83. The van der Waals surface area contributed by atoms with Crippen molar-refractivity contribution >= 4 is 55.1 Å². The Morgan fingerprint density at radius 1 is 1.10 bits per heavy atom. The van der Waals surface area contributed by atoms with Crippen LogP contribution in [0.25, 0.3) is 0 Å². The Balaban J connectivity index is 2.20. The number of ether oxygens (including phenoxy) is 1. The highest BCUT2D eigenvalue weighted by Gasteiger charge is 2.16. The maximum Gasteiger partial charge on any atom is 0.139 e. The zero-order valence-electron chi connectivity index (χ0n) is 11.4. The SMILES string of the molecule is CCOc1cc(Cl)c(C(Br)Cc2ccc(Br)cc2)cc1Cl. The van der Waals surface area contributed by atoms with Crippen molar-refractivity contribution < 1.29 is 4.74 Å². The van der Waals surface area contributed by atoms with E-state index < -0.39 is 0 Å². The monoisotopic (exact) mass is 450 g/mol. The van der Waals surface area contributed by atoms with E-state index in [1.165, 1.54) is 5.56 Å². The van der Waals surface area contributed by atoms with E-state index in [-0.39, 0.29) is 4.83 Å². The molecule has 0 aliphatic carbocycles. The van der Waals surface area contributed by atoms with E-state index >= 15 is 0 Å². The third-order valence-corrected chi connectivity index (χ3v) is 4.99. The lowest BCUT2D eigenvalue weighted by Gasteiger charge is -2.15. The van der Waals surface area contributed by atoms with E-state index in [9.17, 15) is 0 Å². The van der Waals surface area contributed by atoms with Gasteiger partial charge in [0.1, 0.15) is 5.75 Å². The molecule has 1 unspecified atom stereocenters. The molecule has 0 heterocycles. The first-order chi connectivity index (χ1) is 10.0. The fourth-order valence-electron chi connectivity index (χ4n) is 1.99. The van der Waals surface area contributed by atoms with E-state index in [2.05, 4.69) is 44.0 Å². The number of hydrogen-bond acceptors (Lipinski definition) is 1. The molecule has 1 atom stereocenters. The maximum atomic E-state index is 6.35. The van der Waals surface area contributed by atoms with Crippen molar-refractivity contribution in [2.45, 2.75) is 18.2 Å². The normalized spacial score (nSPS) is 12.2. The molecular weight excluding hydrogens is 439 g/mol. The van der Waals surface area contributed by atoms with Gasteiger partial charge in [-0.2, -0.15) is 0 Å². The first-order valence-corrected chi connectivity index (χ1v) is 8.98. The second-order valence-corrected chi connectivity index (χ2v) is 7.37. The highest BCUT2D eigenvalue weighted by Crippen LogP contribution is 2.38. The number of hydrogen-bond donors (Lipinski definition) is 0. The Labute approximate surface area is 151 Å². The summed E-state index contributed by atoms with van der Waals surface area (Å²) in [5.41, 5.74) is 2.19. The molecule has 1 nitrogen and oxygen atoms in total. The molecule has 0 saturated carbocycles. The van der Waals surface area contributed by atoms with Gasteiger partial charge >= 0.3 is 0 Å². The van der Waals surface area contributed by atoms with Gasteiger partial charge in [-0.15, -0.1) is 0 Å². The van der Waals surface area contributed by atoms with Crippen molar-refractivity contribution in [1.82, 2.24) is 0 Å².